The predicted octanol–water partition coefficient (Wildman–Crippen LogP) is 6.28. The molecule has 10 nitrogen and oxygen atoms in total. The van der Waals surface area contributed by atoms with Gasteiger partial charge in [-0.05, 0) is 29.8 Å². The number of amides is 1. The molecule has 5 rings (SSSR count). The Kier molecular flexibility index (Phi) is 9.88. The van der Waals surface area contributed by atoms with Gasteiger partial charge in [-0.1, -0.05) is 66.7 Å². The number of aromatic nitrogens is 2. The Morgan fingerprint density at radius 1 is 0.837 bits per heavy atom. The van der Waals surface area contributed by atoms with Crippen LogP contribution in [-0.2, 0) is 4.74 Å². The van der Waals surface area contributed by atoms with Crippen LogP contribution in [0.3, 0.4) is 0 Å². The van der Waals surface area contributed by atoms with Gasteiger partial charge >= 0.3 is 6.09 Å². The summed E-state index contributed by atoms with van der Waals surface area (Å²) in [6.07, 6.45) is 2.48. The number of carbonyl (C=O) groups excluding carboxylic acids is 3. The predicted molar refractivity (Wildman–Crippen MR) is 163 cm³/mol. The lowest BCUT2D eigenvalue weighted by Crippen LogP contribution is -2.11. The summed E-state index contributed by atoms with van der Waals surface area (Å²) in [7, 11) is 4.19. The highest BCUT2D eigenvalue weighted by Gasteiger charge is 2.17. The molecular weight excluding hydrogens is 550 g/mol. The third-order valence-corrected chi connectivity index (χ3v) is 6.17. The summed E-state index contributed by atoms with van der Waals surface area (Å²) >= 11 is 0. The number of hydrogen-bond acceptors (Lipinski definition) is 8. The van der Waals surface area contributed by atoms with E-state index in [4.69, 9.17) is 9.47 Å². The van der Waals surface area contributed by atoms with Crippen LogP contribution in [0.1, 0.15) is 31.8 Å². The lowest BCUT2D eigenvalue weighted by atomic mass is 10.0. The van der Waals surface area contributed by atoms with Crippen LogP contribution in [-0.4, -0.2) is 54.1 Å². The molecule has 4 aromatic carbocycles. The first kappa shape index (κ1) is 30.1. The average Bonchev–Trinajstić information content (AvgIpc) is 3.45. The number of hydrogen-bond donors (Lipinski definition) is 3. The van der Waals surface area contributed by atoms with Crippen molar-refractivity contribution in [2.45, 2.75) is 0 Å². The van der Waals surface area contributed by atoms with Crippen LogP contribution in [0, 0.1) is 0 Å². The summed E-state index contributed by atoms with van der Waals surface area (Å²) in [6.45, 7) is 0. The normalized spacial score (nSPS) is 10.5. The molecule has 5 aromatic rings. The van der Waals surface area contributed by atoms with E-state index < -0.39 is 6.09 Å². The zero-order valence-corrected chi connectivity index (χ0v) is 23.7. The number of H-pyrrole nitrogens is 1. The minimum absolute atomic E-state index is 0.0698. The van der Waals surface area contributed by atoms with Crippen LogP contribution in [0.15, 0.2) is 97.1 Å². The highest BCUT2D eigenvalue weighted by Crippen LogP contribution is 2.33. The quantitative estimate of drug-likeness (QED) is 0.144. The molecule has 1 amide bonds. The van der Waals surface area contributed by atoms with Crippen LogP contribution < -0.4 is 14.8 Å². The lowest BCUT2D eigenvalue weighted by molar-refractivity contribution is 0.103. The number of aromatic amines is 1. The molecule has 3 N–H and O–H groups in total. The van der Waals surface area contributed by atoms with Gasteiger partial charge in [0.1, 0.15) is 22.8 Å². The highest BCUT2D eigenvalue weighted by molar-refractivity contribution is 6.11. The molecule has 0 radical (unpaired) electrons. The molecule has 0 aliphatic rings. The molecule has 43 heavy (non-hydrogen) atoms. The third-order valence-electron chi connectivity index (χ3n) is 6.17. The molecule has 0 saturated carbocycles. The Balaban J connectivity index is 0.000000197. The van der Waals surface area contributed by atoms with Crippen LogP contribution in [0.4, 0.5) is 10.7 Å². The van der Waals surface area contributed by atoms with Crippen molar-refractivity contribution < 1.29 is 33.7 Å². The van der Waals surface area contributed by atoms with Gasteiger partial charge in [-0.3, -0.25) is 14.9 Å². The van der Waals surface area contributed by atoms with Crippen molar-refractivity contribution in [2.75, 3.05) is 26.6 Å². The Bertz CT molecular complexity index is 1760. The molecule has 1 heterocycles. The minimum atomic E-state index is -0.611. The maximum absolute atomic E-state index is 12.4. The van der Waals surface area contributed by atoms with Gasteiger partial charge in [0.2, 0.25) is 5.95 Å². The number of imidazole rings is 1. The summed E-state index contributed by atoms with van der Waals surface area (Å²) in [6, 6.07) is 26.6. The SMILES string of the molecule is COC(=O)Nc1nc2ccc(C(=O)c3ccccc3)cc2[nH]1.COc1cc(O)c(C(=O)C=Cc2ccccc2)c(OC)c1. The number of fused-ring (bicyclic) bond motifs is 1. The molecule has 0 unspecified atom stereocenters. The molecule has 0 saturated heterocycles. The number of rotatable bonds is 8. The summed E-state index contributed by atoms with van der Waals surface area (Å²) in [5.41, 5.74) is 3.49. The molecule has 1 aromatic heterocycles. The topological polar surface area (TPSA) is 140 Å². The number of nitrogens with zero attached hydrogens (tertiary/aromatic N) is 1. The van der Waals surface area contributed by atoms with E-state index in [1.165, 1.54) is 33.5 Å². The van der Waals surface area contributed by atoms with Gasteiger partial charge in [0.05, 0.1) is 32.4 Å². The Labute approximate surface area is 247 Å². The number of anilines is 1. The maximum Gasteiger partial charge on any atom is 0.413 e. The summed E-state index contributed by atoms with van der Waals surface area (Å²) in [4.78, 5) is 42.9. The van der Waals surface area contributed by atoms with Gasteiger partial charge in [-0.25, -0.2) is 9.78 Å². The van der Waals surface area contributed by atoms with E-state index in [1.807, 2.05) is 48.5 Å². The number of phenolic OH excluding ortho intramolecular Hbond substituents is 1. The van der Waals surface area contributed by atoms with E-state index in [0.29, 0.717) is 27.9 Å². The molecule has 0 aliphatic heterocycles. The number of methoxy groups -OCH3 is 3. The fraction of sp³-hybridized carbons (Fsp3) is 0.0909. The number of aromatic hydroxyl groups is 1. The fourth-order valence-corrected chi connectivity index (χ4v) is 4.04. The average molecular weight is 580 g/mol. The number of carbonyl (C=O) groups is 3. The number of phenols is 1. The van der Waals surface area contributed by atoms with E-state index in [9.17, 15) is 19.5 Å². The van der Waals surface area contributed by atoms with Crippen molar-refractivity contribution >= 4 is 40.7 Å². The smallest absolute Gasteiger partial charge is 0.413 e. The van der Waals surface area contributed by atoms with Gasteiger partial charge in [0.15, 0.2) is 11.6 Å². The molecule has 218 valence electrons. The second-order valence-electron chi connectivity index (χ2n) is 8.96. The van der Waals surface area contributed by atoms with Gasteiger partial charge in [-0.2, -0.15) is 0 Å². The molecule has 0 aliphatic carbocycles. The zero-order chi connectivity index (χ0) is 30.8. The number of benzene rings is 4. The largest absolute Gasteiger partial charge is 0.507 e. The number of allylic oxidation sites excluding steroid dienone is 1. The number of ether oxygens (including phenoxy) is 3. The van der Waals surface area contributed by atoms with E-state index in [2.05, 4.69) is 20.0 Å². The van der Waals surface area contributed by atoms with Crippen molar-refractivity contribution in [1.82, 2.24) is 9.97 Å². The molecular formula is C33H29N3O7. The molecule has 0 spiro atoms. The first-order valence-corrected chi connectivity index (χ1v) is 13.0. The Hall–Kier alpha value is -5.90. The molecule has 0 bridgehead atoms. The Morgan fingerprint density at radius 3 is 2.19 bits per heavy atom. The number of nitrogens with one attached hydrogen (secondary N) is 2. The van der Waals surface area contributed by atoms with Crippen LogP contribution in [0.2, 0.25) is 0 Å². The van der Waals surface area contributed by atoms with E-state index in [-0.39, 0.29) is 34.6 Å². The monoisotopic (exact) mass is 579 g/mol. The standard InChI is InChI=1S/C17H16O4.C16H13N3O3/c1-20-13-10-15(19)17(16(11-13)21-2)14(18)9-8-12-6-4-3-5-7-12;1-22-16(21)19-15-17-12-8-7-11(9-13(12)18-15)14(20)10-5-3-2-4-6-10/h3-11,19H,1-2H3;2-9H,1H3,(H2,17,18,19,21). The van der Waals surface area contributed by atoms with Gasteiger partial charge in [-0.15, -0.1) is 0 Å². The van der Waals surface area contributed by atoms with Crippen LogP contribution in [0.25, 0.3) is 17.1 Å². The van der Waals surface area contributed by atoms with Crippen molar-refractivity contribution in [2.24, 2.45) is 0 Å². The lowest BCUT2D eigenvalue weighted by Gasteiger charge is -2.10. The molecule has 0 fully saturated rings. The van der Waals surface area contributed by atoms with E-state index in [1.54, 1.807) is 42.5 Å². The fourth-order valence-electron chi connectivity index (χ4n) is 4.04. The Morgan fingerprint density at radius 2 is 1.53 bits per heavy atom. The van der Waals surface area contributed by atoms with Crippen molar-refractivity contribution in [3.05, 3.63) is 119 Å². The molecule has 0 atom stereocenters. The third kappa shape index (κ3) is 7.65. The van der Waals surface area contributed by atoms with Crippen LogP contribution >= 0.6 is 0 Å². The first-order valence-electron chi connectivity index (χ1n) is 13.0. The van der Waals surface area contributed by atoms with E-state index in [0.717, 1.165) is 5.56 Å². The number of ketones is 2. The maximum atomic E-state index is 12.4. The second-order valence-corrected chi connectivity index (χ2v) is 8.96. The van der Waals surface area contributed by atoms with E-state index >= 15 is 0 Å². The summed E-state index contributed by atoms with van der Waals surface area (Å²) in [5.74, 6) is 0.387. The first-order chi connectivity index (χ1) is 20.8. The van der Waals surface area contributed by atoms with Crippen molar-refractivity contribution in [3.8, 4) is 17.2 Å². The van der Waals surface area contributed by atoms with Crippen LogP contribution in [0.5, 0.6) is 17.2 Å². The minimum Gasteiger partial charge on any atom is -0.507 e. The highest BCUT2D eigenvalue weighted by atomic mass is 16.5. The summed E-state index contributed by atoms with van der Waals surface area (Å²) < 4.78 is 14.7. The summed E-state index contributed by atoms with van der Waals surface area (Å²) in [5, 5.41) is 12.4. The van der Waals surface area contributed by atoms with Gasteiger partial charge < -0.3 is 24.3 Å². The van der Waals surface area contributed by atoms with Crippen molar-refractivity contribution in [1.29, 1.82) is 0 Å². The van der Waals surface area contributed by atoms with Gasteiger partial charge in [0, 0.05) is 23.3 Å². The zero-order valence-electron chi connectivity index (χ0n) is 23.7. The van der Waals surface area contributed by atoms with Gasteiger partial charge in [0.25, 0.3) is 0 Å². The van der Waals surface area contributed by atoms with Crippen molar-refractivity contribution in [3.63, 3.8) is 0 Å². The molecule has 10 heteroatoms. The second kappa shape index (κ2) is 14.1.